The minimum Gasteiger partial charge on any atom is -0.459 e. The molecule has 1 amide bonds. The van der Waals surface area contributed by atoms with E-state index in [1.165, 1.54) is 11.3 Å². The number of hydrogen-bond donors (Lipinski definition) is 0. The Morgan fingerprint density at radius 2 is 1.93 bits per heavy atom. The lowest BCUT2D eigenvalue weighted by molar-refractivity contribution is -0.149. The van der Waals surface area contributed by atoms with Crippen molar-refractivity contribution in [1.82, 2.24) is 4.98 Å². The van der Waals surface area contributed by atoms with Gasteiger partial charge in [-0.3, -0.25) is 9.59 Å². The molecule has 1 aromatic heterocycles. The predicted molar refractivity (Wildman–Crippen MR) is 109 cm³/mol. The molecule has 0 spiro atoms. The van der Waals surface area contributed by atoms with Gasteiger partial charge in [-0.25, -0.2) is 4.98 Å². The quantitative estimate of drug-likeness (QED) is 0.610. The summed E-state index contributed by atoms with van der Waals surface area (Å²) in [6.07, 6.45) is 0.180. The van der Waals surface area contributed by atoms with Crippen LogP contribution in [0.5, 0.6) is 0 Å². The van der Waals surface area contributed by atoms with Gasteiger partial charge in [-0.2, -0.15) is 0 Å². The Morgan fingerprint density at radius 1 is 1.18 bits per heavy atom. The van der Waals surface area contributed by atoms with E-state index in [-0.39, 0.29) is 24.9 Å². The van der Waals surface area contributed by atoms with E-state index in [0.29, 0.717) is 6.54 Å². The maximum absolute atomic E-state index is 12.4. The van der Waals surface area contributed by atoms with Crippen LogP contribution in [0.4, 0.5) is 5.69 Å². The first-order chi connectivity index (χ1) is 13.6. The van der Waals surface area contributed by atoms with E-state index in [1.54, 1.807) is 4.90 Å². The maximum atomic E-state index is 12.4. The van der Waals surface area contributed by atoms with Crippen molar-refractivity contribution in [3.05, 3.63) is 71.2 Å². The van der Waals surface area contributed by atoms with E-state index in [4.69, 9.17) is 4.74 Å². The number of aromatic nitrogens is 1. The first-order valence-corrected chi connectivity index (χ1v) is 10.0. The summed E-state index contributed by atoms with van der Waals surface area (Å²) in [6, 6.07) is 17.6. The van der Waals surface area contributed by atoms with Gasteiger partial charge in [0.2, 0.25) is 5.91 Å². The third-order valence-electron chi connectivity index (χ3n) is 4.74. The molecule has 28 heavy (non-hydrogen) atoms. The molecule has 2 aromatic carbocycles. The van der Waals surface area contributed by atoms with Crippen molar-refractivity contribution in [2.75, 3.05) is 11.4 Å². The molecule has 2 heterocycles. The van der Waals surface area contributed by atoms with Gasteiger partial charge < -0.3 is 9.64 Å². The fourth-order valence-corrected chi connectivity index (χ4v) is 4.00. The molecular weight excluding hydrogens is 372 g/mol. The zero-order chi connectivity index (χ0) is 19.5. The molecule has 1 fully saturated rings. The second kappa shape index (κ2) is 7.94. The Bertz CT molecular complexity index is 983. The van der Waals surface area contributed by atoms with Crippen LogP contribution in [0.25, 0.3) is 10.6 Å². The van der Waals surface area contributed by atoms with Crippen LogP contribution in [-0.2, 0) is 20.9 Å². The van der Waals surface area contributed by atoms with E-state index in [9.17, 15) is 9.59 Å². The van der Waals surface area contributed by atoms with Crippen LogP contribution in [0.1, 0.15) is 17.7 Å². The topological polar surface area (TPSA) is 59.5 Å². The van der Waals surface area contributed by atoms with Gasteiger partial charge in [-0.15, -0.1) is 11.3 Å². The number of carbonyl (C=O) groups is 2. The summed E-state index contributed by atoms with van der Waals surface area (Å²) >= 11 is 1.52. The van der Waals surface area contributed by atoms with Crippen molar-refractivity contribution in [2.45, 2.75) is 20.0 Å². The molecule has 1 aliphatic rings. The van der Waals surface area contributed by atoms with E-state index in [2.05, 4.69) is 4.98 Å². The second-order valence-corrected chi connectivity index (χ2v) is 7.72. The number of esters is 1. The third kappa shape index (κ3) is 3.97. The number of benzene rings is 2. The lowest BCUT2D eigenvalue weighted by Gasteiger charge is -2.16. The predicted octanol–water partition coefficient (Wildman–Crippen LogP) is 4.21. The van der Waals surface area contributed by atoms with Crippen LogP contribution in [0.3, 0.4) is 0 Å². The van der Waals surface area contributed by atoms with Gasteiger partial charge in [-0.05, 0) is 19.1 Å². The van der Waals surface area contributed by atoms with Gasteiger partial charge in [0.25, 0.3) is 0 Å². The molecule has 142 valence electrons. The Hall–Kier alpha value is -2.99. The number of nitrogens with zero attached hydrogens (tertiary/aromatic N) is 2. The summed E-state index contributed by atoms with van der Waals surface area (Å²) in [4.78, 5) is 30.9. The Kier molecular flexibility index (Phi) is 5.21. The second-order valence-electron chi connectivity index (χ2n) is 6.86. The van der Waals surface area contributed by atoms with Crippen LogP contribution in [0.2, 0.25) is 0 Å². The number of carbonyl (C=O) groups excluding carboxylic acids is 2. The van der Waals surface area contributed by atoms with Crippen LogP contribution in [0, 0.1) is 12.8 Å². The average Bonchev–Trinajstić information content (AvgIpc) is 3.34. The molecule has 1 atom stereocenters. The third-order valence-corrected chi connectivity index (χ3v) is 5.68. The monoisotopic (exact) mass is 392 g/mol. The molecule has 0 N–H and O–H groups in total. The van der Waals surface area contributed by atoms with Crippen molar-refractivity contribution in [2.24, 2.45) is 5.92 Å². The highest BCUT2D eigenvalue weighted by molar-refractivity contribution is 7.13. The smallest absolute Gasteiger partial charge is 0.311 e. The number of thiazole rings is 1. The minimum atomic E-state index is -0.443. The fraction of sp³-hybridized carbons (Fsp3) is 0.227. The highest BCUT2D eigenvalue weighted by Gasteiger charge is 2.36. The van der Waals surface area contributed by atoms with Gasteiger partial charge in [0, 0.05) is 29.6 Å². The number of amides is 1. The molecule has 5 nitrogen and oxygen atoms in total. The standard InChI is InChI=1S/C22H20N2O3S/c1-15-7-9-19(10-8-15)24-12-17(11-20(24)25)22(26)27-13-18-14-28-21(23-18)16-5-3-2-4-6-16/h2-10,14,17H,11-13H2,1H3/t17-/m1/s1. The lowest BCUT2D eigenvalue weighted by Crippen LogP contribution is -2.26. The van der Waals surface area contributed by atoms with Gasteiger partial charge in [-0.1, -0.05) is 48.0 Å². The van der Waals surface area contributed by atoms with Crippen LogP contribution >= 0.6 is 11.3 Å². The Morgan fingerprint density at radius 3 is 2.68 bits per heavy atom. The summed E-state index contributed by atoms with van der Waals surface area (Å²) in [5, 5.41) is 2.79. The molecule has 6 heteroatoms. The zero-order valence-electron chi connectivity index (χ0n) is 15.5. The summed E-state index contributed by atoms with van der Waals surface area (Å²) < 4.78 is 5.44. The summed E-state index contributed by atoms with van der Waals surface area (Å²) in [6.45, 7) is 2.47. The Balaban J connectivity index is 1.35. The highest BCUT2D eigenvalue weighted by Crippen LogP contribution is 2.27. The summed E-state index contributed by atoms with van der Waals surface area (Å²) in [7, 11) is 0. The first kappa shape index (κ1) is 18.4. The lowest BCUT2D eigenvalue weighted by atomic mass is 10.1. The molecule has 0 bridgehead atoms. The summed E-state index contributed by atoms with van der Waals surface area (Å²) in [5.74, 6) is -0.843. The van der Waals surface area contributed by atoms with Crippen molar-refractivity contribution < 1.29 is 14.3 Å². The average molecular weight is 392 g/mol. The number of anilines is 1. The summed E-state index contributed by atoms with van der Waals surface area (Å²) in [5.41, 5.74) is 3.71. The fourth-order valence-electron chi connectivity index (χ4n) is 3.19. The molecule has 1 aliphatic heterocycles. The maximum Gasteiger partial charge on any atom is 0.311 e. The SMILES string of the molecule is Cc1ccc(N2C[C@H](C(=O)OCc3csc(-c4ccccc4)n3)CC2=O)cc1. The van der Waals surface area contributed by atoms with E-state index < -0.39 is 5.92 Å². The number of hydrogen-bond acceptors (Lipinski definition) is 5. The Labute approximate surface area is 167 Å². The molecule has 0 unspecified atom stereocenters. The van der Waals surface area contributed by atoms with Crippen LogP contribution in [0.15, 0.2) is 60.0 Å². The van der Waals surface area contributed by atoms with Crippen molar-refractivity contribution in [1.29, 1.82) is 0 Å². The molecule has 1 saturated heterocycles. The number of rotatable bonds is 5. The molecule has 3 aromatic rings. The van der Waals surface area contributed by atoms with Gasteiger partial charge in [0.1, 0.15) is 11.6 Å². The van der Waals surface area contributed by atoms with Crippen molar-refractivity contribution >= 4 is 28.9 Å². The van der Waals surface area contributed by atoms with Crippen molar-refractivity contribution in [3.63, 3.8) is 0 Å². The van der Waals surface area contributed by atoms with Crippen LogP contribution < -0.4 is 4.90 Å². The van der Waals surface area contributed by atoms with E-state index >= 15 is 0 Å². The van der Waals surface area contributed by atoms with E-state index in [0.717, 1.165) is 27.5 Å². The van der Waals surface area contributed by atoms with Gasteiger partial charge >= 0.3 is 5.97 Å². The number of aryl methyl sites for hydroxylation is 1. The zero-order valence-corrected chi connectivity index (χ0v) is 16.3. The molecule has 4 rings (SSSR count). The van der Waals surface area contributed by atoms with Gasteiger partial charge in [0.05, 0.1) is 11.6 Å². The molecule has 0 saturated carbocycles. The molecular formula is C22H20N2O3S. The first-order valence-electron chi connectivity index (χ1n) is 9.13. The molecule has 0 radical (unpaired) electrons. The minimum absolute atomic E-state index is 0.0502. The van der Waals surface area contributed by atoms with Crippen molar-refractivity contribution in [3.8, 4) is 10.6 Å². The van der Waals surface area contributed by atoms with Crippen LogP contribution in [-0.4, -0.2) is 23.4 Å². The normalized spacial score (nSPS) is 16.4. The van der Waals surface area contributed by atoms with Gasteiger partial charge in [0.15, 0.2) is 0 Å². The molecule has 0 aliphatic carbocycles. The number of ether oxygens (including phenoxy) is 1. The van der Waals surface area contributed by atoms with E-state index in [1.807, 2.05) is 66.9 Å². The highest BCUT2D eigenvalue weighted by atomic mass is 32.1. The largest absolute Gasteiger partial charge is 0.459 e.